The van der Waals surface area contributed by atoms with Gasteiger partial charge in [0.05, 0.1) is 6.04 Å². The summed E-state index contributed by atoms with van der Waals surface area (Å²) in [6.07, 6.45) is 7.48. The second kappa shape index (κ2) is 11.3. The SMILES string of the molecule is CN1CCC(C2c3c(Br)cc(O)cc3CCC3=CC(F)=CNC32)CC1.O=CC(=O)c1ccccc1. The number of nitrogens with one attached hydrogen (secondary N) is 1. The number of nitrogens with zero attached hydrogens (tertiary/aromatic N) is 1. The van der Waals surface area contributed by atoms with Crippen LogP contribution in [-0.2, 0) is 11.2 Å². The highest BCUT2D eigenvalue weighted by molar-refractivity contribution is 9.10. The largest absolute Gasteiger partial charge is 0.508 e. The molecule has 2 atom stereocenters. The molecule has 1 fully saturated rings. The number of piperidine rings is 1. The smallest absolute Gasteiger partial charge is 0.225 e. The van der Waals surface area contributed by atoms with Crippen molar-refractivity contribution in [3.05, 3.63) is 87.3 Å². The molecule has 1 aliphatic carbocycles. The number of phenolic OH excluding ortho intramolecular Hbond substituents is 1. The van der Waals surface area contributed by atoms with E-state index in [1.807, 2.05) is 6.07 Å². The third kappa shape index (κ3) is 5.90. The average molecular weight is 541 g/mol. The molecule has 2 unspecified atom stereocenters. The van der Waals surface area contributed by atoms with Crippen LogP contribution in [0.3, 0.4) is 0 Å². The van der Waals surface area contributed by atoms with Crippen LogP contribution >= 0.6 is 15.9 Å². The first-order valence-corrected chi connectivity index (χ1v) is 12.7. The van der Waals surface area contributed by atoms with Crippen molar-refractivity contribution in [2.24, 2.45) is 5.92 Å². The number of carbonyl (C=O) groups is 2. The average Bonchev–Trinajstić information content (AvgIpc) is 3.02. The zero-order valence-electron chi connectivity index (χ0n) is 19.7. The van der Waals surface area contributed by atoms with Gasteiger partial charge in [-0.1, -0.05) is 46.3 Å². The number of halogens is 2. The van der Waals surface area contributed by atoms with Gasteiger partial charge in [0.15, 0.2) is 6.29 Å². The lowest BCUT2D eigenvalue weighted by molar-refractivity contribution is -0.104. The van der Waals surface area contributed by atoms with Gasteiger partial charge in [-0.2, -0.15) is 0 Å². The first-order chi connectivity index (χ1) is 16.9. The summed E-state index contributed by atoms with van der Waals surface area (Å²) in [4.78, 5) is 23.0. The van der Waals surface area contributed by atoms with Gasteiger partial charge in [-0.15, -0.1) is 0 Å². The summed E-state index contributed by atoms with van der Waals surface area (Å²) in [6, 6.07) is 12.3. The number of hydrogen-bond donors (Lipinski definition) is 2. The molecule has 0 saturated carbocycles. The normalized spacial score (nSPS) is 22.1. The number of Topliss-reactive ketones (excluding diaryl/α,β-unsaturated/α-hetero) is 1. The number of aldehydes is 1. The molecule has 7 heteroatoms. The van der Waals surface area contributed by atoms with Gasteiger partial charge in [-0.25, -0.2) is 4.39 Å². The van der Waals surface area contributed by atoms with Gasteiger partial charge in [-0.05, 0) is 86.6 Å². The van der Waals surface area contributed by atoms with Crippen molar-refractivity contribution >= 4 is 28.0 Å². The number of phenols is 1. The summed E-state index contributed by atoms with van der Waals surface area (Å²) in [6.45, 7) is 2.20. The molecule has 2 aliphatic heterocycles. The lowest BCUT2D eigenvalue weighted by atomic mass is 9.73. The summed E-state index contributed by atoms with van der Waals surface area (Å²) < 4.78 is 14.8. The van der Waals surface area contributed by atoms with Gasteiger partial charge in [0.25, 0.3) is 0 Å². The van der Waals surface area contributed by atoms with E-state index in [0.29, 0.717) is 23.5 Å². The van der Waals surface area contributed by atoms with Crippen LogP contribution in [-0.4, -0.2) is 48.3 Å². The van der Waals surface area contributed by atoms with Crippen LogP contribution in [0, 0.1) is 5.92 Å². The number of aromatic hydroxyl groups is 1. The number of hydrogen-bond acceptors (Lipinski definition) is 5. The molecule has 5 rings (SSSR count). The van der Waals surface area contributed by atoms with E-state index in [1.165, 1.54) is 17.3 Å². The van der Waals surface area contributed by atoms with Crippen molar-refractivity contribution in [1.82, 2.24) is 10.2 Å². The molecule has 5 nitrogen and oxygen atoms in total. The van der Waals surface area contributed by atoms with Gasteiger partial charge >= 0.3 is 0 Å². The predicted octanol–water partition coefficient (Wildman–Crippen LogP) is 5.30. The second-order valence-corrected chi connectivity index (χ2v) is 10.3. The second-order valence-electron chi connectivity index (χ2n) is 9.41. The maximum Gasteiger partial charge on any atom is 0.225 e. The third-order valence-corrected chi connectivity index (χ3v) is 7.79. The van der Waals surface area contributed by atoms with Crippen LogP contribution in [0.5, 0.6) is 5.75 Å². The Morgan fingerprint density at radius 1 is 1.17 bits per heavy atom. The van der Waals surface area contributed by atoms with Crippen molar-refractivity contribution in [1.29, 1.82) is 0 Å². The van der Waals surface area contributed by atoms with E-state index in [0.717, 1.165) is 48.8 Å². The van der Waals surface area contributed by atoms with Crippen molar-refractivity contribution in [2.45, 2.75) is 37.6 Å². The Labute approximate surface area is 213 Å². The molecule has 0 spiro atoms. The van der Waals surface area contributed by atoms with E-state index in [1.54, 1.807) is 42.5 Å². The first kappa shape index (κ1) is 25.3. The number of aryl methyl sites for hydroxylation is 1. The topological polar surface area (TPSA) is 69.6 Å². The highest BCUT2D eigenvalue weighted by Crippen LogP contribution is 2.46. The fraction of sp³-hybridized carbons (Fsp3) is 0.357. The van der Waals surface area contributed by atoms with Gasteiger partial charge < -0.3 is 15.3 Å². The zero-order chi connectivity index (χ0) is 24.9. The molecule has 3 aliphatic rings. The minimum atomic E-state index is -0.472. The molecule has 2 N–H and O–H groups in total. The maximum absolute atomic E-state index is 13.8. The number of carbonyl (C=O) groups excluding carboxylic acids is 2. The number of allylic oxidation sites excluding steroid dienone is 2. The molecule has 0 aromatic heterocycles. The van der Waals surface area contributed by atoms with Gasteiger partial charge in [0.2, 0.25) is 5.78 Å². The molecule has 2 aromatic carbocycles. The fourth-order valence-electron chi connectivity index (χ4n) is 5.40. The molecule has 0 amide bonds. The quantitative estimate of drug-likeness (QED) is 0.314. The standard InChI is InChI=1S/C20H24BrFN2O.C8H6O2/c1-24-6-4-12(5-7-24)19-18-13(9-16(25)10-17(18)21)2-3-14-8-15(22)11-23-20(14)19;9-6-8(10)7-4-2-1-3-5-7/h8-12,19-20,23,25H,2-7H2,1H3;1-6H. The van der Waals surface area contributed by atoms with Gasteiger partial charge in [0.1, 0.15) is 11.6 Å². The fourth-order valence-corrected chi connectivity index (χ4v) is 6.15. The highest BCUT2D eigenvalue weighted by Gasteiger charge is 2.39. The number of benzene rings is 2. The molecule has 0 radical (unpaired) electrons. The minimum Gasteiger partial charge on any atom is -0.508 e. The summed E-state index contributed by atoms with van der Waals surface area (Å²) in [5, 5.41) is 13.4. The Morgan fingerprint density at radius 3 is 2.57 bits per heavy atom. The minimum absolute atomic E-state index is 0.134. The number of fused-ring (bicyclic) bond motifs is 2. The van der Waals surface area contributed by atoms with Crippen molar-refractivity contribution in [3.63, 3.8) is 0 Å². The van der Waals surface area contributed by atoms with Crippen LogP contribution in [0.4, 0.5) is 4.39 Å². The molecule has 2 heterocycles. The summed E-state index contributed by atoms with van der Waals surface area (Å²) >= 11 is 3.71. The van der Waals surface area contributed by atoms with E-state index >= 15 is 0 Å². The summed E-state index contributed by atoms with van der Waals surface area (Å²) in [5.41, 5.74) is 4.07. The zero-order valence-corrected chi connectivity index (χ0v) is 21.3. The number of likely N-dealkylation sites (tertiary alicyclic amines) is 1. The van der Waals surface area contributed by atoms with E-state index in [-0.39, 0.29) is 17.8 Å². The van der Waals surface area contributed by atoms with Crippen molar-refractivity contribution in [2.75, 3.05) is 20.1 Å². The summed E-state index contributed by atoms with van der Waals surface area (Å²) in [7, 11) is 2.17. The van der Waals surface area contributed by atoms with Crippen LogP contribution in [0.15, 0.2) is 70.6 Å². The third-order valence-electron chi connectivity index (χ3n) is 7.14. The van der Waals surface area contributed by atoms with Crippen LogP contribution < -0.4 is 5.32 Å². The van der Waals surface area contributed by atoms with Crippen LogP contribution in [0.2, 0.25) is 0 Å². The monoisotopic (exact) mass is 540 g/mol. The number of rotatable bonds is 3. The Balaban J connectivity index is 0.000000243. The lowest BCUT2D eigenvalue weighted by Crippen LogP contribution is -2.42. The molecule has 2 aromatic rings. The van der Waals surface area contributed by atoms with Crippen molar-refractivity contribution in [3.8, 4) is 5.75 Å². The van der Waals surface area contributed by atoms with Gasteiger partial charge in [0, 0.05) is 22.2 Å². The number of dihydropyridines is 1. The van der Waals surface area contributed by atoms with E-state index < -0.39 is 5.78 Å². The Morgan fingerprint density at radius 2 is 1.89 bits per heavy atom. The number of ketones is 1. The van der Waals surface area contributed by atoms with Gasteiger partial charge in [-0.3, -0.25) is 9.59 Å². The molecule has 35 heavy (non-hydrogen) atoms. The summed E-state index contributed by atoms with van der Waals surface area (Å²) in [5.74, 6) is 0.465. The first-order valence-electron chi connectivity index (χ1n) is 11.9. The molecule has 1 saturated heterocycles. The van der Waals surface area contributed by atoms with Crippen molar-refractivity contribution < 1.29 is 19.1 Å². The Kier molecular flexibility index (Phi) is 8.19. The molecule has 184 valence electrons. The van der Waals surface area contributed by atoms with E-state index in [9.17, 15) is 19.1 Å². The maximum atomic E-state index is 13.8. The van der Waals surface area contributed by atoms with Crippen LogP contribution in [0.25, 0.3) is 0 Å². The molecular formula is C28H30BrFN2O3. The Bertz CT molecular complexity index is 1140. The highest BCUT2D eigenvalue weighted by atomic mass is 79.9. The van der Waals surface area contributed by atoms with Crippen LogP contribution in [0.1, 0.15) is 46.7 Å². The molecular weight excluding hydrogens is 511 g/mol. The van der Waals surface area contributed by atoms with E-state index in [4.69, 9.17) is 0 Å². The lowest BCUT2D eigenvalue weighted by Gasteiger charge is -2.40. The predicted molar refractivity (Wildman–Crippen MR) is 138 cm³/mol. The Hall–Kier alpha value is -2.77. The van der Waals surface area contributed by atoms with E-state index in [2.05, 4.69) is 33.2 Å². The molecule has 0 bridgehead atoms.